The lowest BCUT2D eigenvalue weighted by molar-refractivity contribution is -0.154. The average molecular weight is 300 g/mol. The monoisotopic (exact) mass is 300 g/mol. The molecule has 0 radical (unpaired) electrons. The van der Waals surface area contributed by atoms with Crippen molar-refractivity contribution in [1.29, 1.82) is 0 Å². The summed E-state index contributed by atoms with van der Waals surface area (Å²) in [6.07, 6.45) is 5.36. The number of fused-ring (bicyclic) bond motifs is 10. The number of hydrogen-bond donors (Lipinski definition) is 0. The van der Waals surface area contributed by atoms with E-state index in [1.54, 1.807) is 0 Å². The molecular formula is C18H20O4. The summed E-state index contributed by atoms with van der Waals surface area (Å²) in [5.41, 5.74) is 0. The maximum Gasteiger partial charge on any atom is 0.141 e. The van der Waals surface area contributed by atoms with Crippen molar-refractivity contribution in [3.05, 3.63) is 0 Å². The average Bonchev–Trinajstić information content (AvgIpc) is 3.27. The maximum absolute atomic E-state index is 13.2. The van der Waals surface area contributed by atoms with E-state index in [1.165, 1.54) is 0 Å². The highest BCUT2D eigenvalue weighted by Crippen LogP contribution is 2.65. The molecule has 0 saturated heterocycles. The van der Waals surface area contributed by atoms with Gasteiger partial charge in [-0.15, -0.1) is 0 Å². The molecule has 5 rings (SSSR count). The number of aldehydes is 2. The van der Waals surface area contributed by atoms with E-state index < -0.39 is 0 Å². The third-order valence-electron chi connectivity index (χ3n) is 7.78. The summed E-state index contributed by atoms with van der Waals surface area (Å²) in [5.74, 6) is 0.539. The summed E-state index contributed by atoms with van der Waals surface area (Å²) in [7, 11) is 0. The summed E-state index contributed by atoms with van der Waals surface area (Å²) < 4.78 is 0. The number of rotatable bonds is 2. The van der Waals surface area contributed by atoms with Crippen molar-refractivity contribution in [2.75, 3.05) is 0 Å². The van der Waals surface area contributed by atoms with Crippen LogP contribution in [0.25, 0.3) is 0 Å². The first-order valence-electron chi connectivity index (χ1n) is 8.63. The summed E-state index contributed by atoms with van der Waals surface area (Å²) in [5, 5.41) is 0. The quantitative estimate of drug-likeness (QED) is 0.721. The zero-order valence-electron chi connectivity index (χ0n) is 12.4. The highest BCUT2D eigenvalue weighted by molar-refractivity contribution is 6.02. The van der Waals surface area contributed by atoms with E-state index in [1.807, 2.05) is 0 Å². The molecule has 0 aromatic carbocycles. The van der Waals surface area contributed by atoms with Crippen molar-refractivity contribution < 1.29 is 19.2 Å². The van der Waals surface area contributed by atoms with Gasteiger partial charge in [0.15, 0.2) is 0 Å². The minimum Gasteiger partial charge on any atom is -0.303 e. The molecule has 0 aliphatic heterocycles. The molecular weight excluding hydrogens is 280 g/mol. The number of ketones is 2. The van der Waals surface area contributed by atoms with E-state index in [4.69, 9.17) is 0 Å². The van der Waals surface area contributed by atoms with Crippen LogP contribution in [-0.4, -0.2) is 24.1 Å². The van der Waals surface area contributed by atoms with Crippen LogP contribution in [0.15, 0.2) is 0 Å². The number of carbonyl (C=O) groups excluding carboxylic acids is 4. The summed E-state index contributed by atoms with van der Waals surface area (Å²) >= 11 is 0. The molecule has 5 aliphatic carbocycles. The topological polar surface area (TPSA) is 68.3 Å². The minimum absolute atomic E-state index is 0.0278. The second-order valence-electron chi connectivity index (χ2n) is 8.30. The largest absolute Gasteiger partial charge is 0.303 e. The zero-order valence-corrected chi connectivity index (χ0v) is 12.4. The number of hydrogen-bond acceptors (Lipinski definition) is 4. The van der Waals surface area contributed by atoms with Gasteiger partial charge in [0.05, 0.1) is 0 Å². The molecule has 0 spiro atoms. The van der Waals surface area contributed by atoms with E-state index in [-0.39, 0.29) is 65.0 Å². The van der Waals surface area contributed by atoms with Gasteiger partial charge in [0, 0.05) is 35.5 Å². The first-order valence-corrected chi connectivity index (χ1v) is 8.63. The Labute approximate surface area is 129 Å². The number of Topliss-reactive ketones (excluding diaryl/α,β-unsaturated/α-hetero) is 2. The Morgan fingerprint density at radius 2 is 1.05 bits per heavy atom. The molecule has 5 saturated carbocycles. The van der Waals surface area contributed by atoms with Crippen LogP contribution in [0.3, 0.4) is 0 Å². The predicted octanol–water partition coefficient (Wildman–Crippen LogP) is 1.31. The molecule has 0 aromatic rings. The summed E-state index contributed by atoms with van der Waals surface area (Å²) in [6.45, 7) is 0. The lowest BCUT2D eigenvalue weighted by atomic mass is 9.56. The molecule has 116 valence electrons. The third-order valence-corrected chi connectivity index (χ3v) is 7.78. The van der Waals surface area contributed by atoms with Gasteiger partial charge >= 0.3 is 0 Å². The number of carbonyl (C=O) groups is 4. The Bertz CT molecular complexity index is 548. The van der Waals surface area contributed by atoms with Crippen LogP contribution in [0.1, 0.15) is 25.7 Å². The Balaban J connectivity index is 1.55. The van der Waals surface area contributed by atoms with Crippen molar-refractivity contribution in [2.24, 2.45) is 59.2 Å². The first-order chi connectivity index (χ1) is 10.7. The molecule has 5 aliphatic rings. The van der Waals surface area contributed by atoms with Crippen molar-refractivity contribution in [1.82, 2.24) is 0 Å². The van der Waals surface area contributed by atoms with Gasteiger partial charge in [-0.05, 0) is 49.4 Å². The van der Waals surface area contributed by atoms with Crippen LogP contribution in [0.5, 0.6) is 0 Å². The van der Waals surface area contributed by atoms with Crippen LogP contribution in [0.4, 0.5) is 0 Å². The second kappa shape index (κ2) is 4.15. The van der Waals surface area contributed by atoms with Crippen molar-refractivity contribution in [2.45, 2.75) is 25.7 Å². The van der Waals surface area contributed by atoms with Crippen LogP contribution in [0.2, 0.25) is 0 Å². The normalized spacial score (nSPS) is 57.8. The fourth-order valence-corrected chi connectivity index (χ4v) is 7.17. The predicted molar refractivity (Wildman–Crippen MR) is 75.5 cm³/mol. The highest BCUT2D eigenvalue weighted by Gasteiger charge is 2.68. The molecule has 0 amide bonds. The maximum atomic E-state index is 13.2. The Kier molecular flexibility index (Phi) is 2.48. The smallest absolute Gasteiger partial charge is 0.141 e. The standard InChI is InChI=1S/C18H20O4/c19-5-9-1-7-3-11(9)15-13(7)17(21)14-8-2-10(6-20)12(4-8)16(14)18(15)22/h5-16H,1-4H2. The molecule has 0 aromatic heterocycles. The lowest BCUT2D eigenvalue weighted by Crippen LogP contribution is -2.54. The Hall–Kier alpha value is -1.32. The van der Waals surface area contributed by atoms with Gasteiger partial charge in [0.1, 0.15) is 24.1 Å². The molecule has 5 fully saturated rings. The fourth-order valence-electron chi connectivity index (χ4n) is 7.17. The van der Waals surface area contributed by atoms with Gasteiger partial charge in [0.2, 0.25) is 0 Å². The molecule has 0 heterocycles. The Morgan fingerprint density at radius 1 is 0.636 bits per heavy atom. The Morgan fingerprint density at radius 3 is 1.45 bits per heavy atom. The lowest BCUT2D eigenvalue weighted by Gasteiger charge is -2.44. The highest BCUT2D eigenvalue weighted by atomic mass is 16.1. The molecule has 4 bridgehead atoms. The molecule has 10 unspecified atom stereocenters. The van der Waals surface area contributed by atoms with Crippen LogP contribution >= 0.6 is 0 Å². The SMILES string of the molecule is O=CC1CC2CC1C1C(=O)C3C4CC(CC4C=O)C3C(=O)C21. The minimum atomic E-state index is -0.214. The van der Waals surface area contributed by atoms with Gasteiger partial charge in [-0.2, -0.15) is 0 Å². The second-order valence-corrected chi connectivity index (χ2v) is 8.30. The van der Waals surface area contributed by atoms with Crippen molar-refractivity contribution in [3.63, 3.8) is 0 Å². The zero-order chi connectivity index (χ0) is 15.2. The van der Waals surface area contributed by atoms with E-state index in [0.717, 1.165) is 38.3 Å². The van der Waals surface area contributed by atoms with Crippen molar-refractivity contribution in [3.8, 4) is 0 Å². The van der Waals surface area contributed by atoms with E-state index in [2.05, 4.69) is 0 Å². The third kappa shape index (κ3) is 1.31. The van der Waals surface area contributed by atoms with Gasteiger partial charge in [-0.25, -0.2) is 0 Å². The van der Waals surface area contributed by atoms with Gasteiger partial charge < -0.3 is 9.59 Å². The van der Waals surface area contributed by atoms with E-state index in [0.29, 0.717) is 5.78 Å². The molecule has 10 atom stereocenters. The van der Waals surface area contributed by atoms with Crippen LogP contribution in [-0.2, 0) is 19.2 Å². The molecule has 4 heteroatoms. The van der Waals surface area contributed by atoms with Gasteiger partial charge in [-0.1, -0.05) is 0 Å². The van der Waals surface area contributed by atoms with Gasteiger partial charge in [-0.3, -0.25) is 9.59 Å². The van der Waals surface area contributed by atoms with Crippen molar-refractivity contribution >= 4 is 24.1 Å². The summed E-state index contributed by atoms with van der Waals surface area (Å²) in [4.78, 5) is 48.8. The molecule has 22 heavy (non-hydrogen) atoms. The molecule has 4 nitrogen and oxygen atoms in total. The van der Waals surface area contributed by atoms with Crippen LogP contribution < -0.4 is 0 Å². The fraction of sp³-hybridized carbons (Fsp3) is 0.778. The van der Waals surface area contributed by atoms with E-state index >= 15 is 0 Å². The van der Waals surface area contributed by atoms with E-state index in [9.17, 15) is 19.2 Å². The molecule has 0 N–H and O–H groups in total. The summed E-state index contributed by atoms with van der Waals surface area (Å²) in [6, 6.07) is 0. The first kappa shape index (κ1) is 13.1. The van der Waals surface area contributed by atoms with Gasteiger partial charge in [0.25, 0.3) is 0 Å². The van der Waals surface area contributed by atoms with Crippen LogP contribution in [0, 0.1) is 59.2 Å².